The second-order valence-corrected chi connectivity index (χ2v) is 8.19. The van der Waals surface area contributed by atoms with Crippen molar-refractivity contribution in [3.8, 4) is 0 Å². The minimum Gasteiger partial charge on any atom is -0.478 e. The molecule has 3 aromatic carbocycles. The quantitative estimate of drug-likeness (QED) is 0.295. The molecule has 7 heteroatoms. The fourth-order valence-corrected chi connectivity index (χ4v) is 4.26. The van der Waals surface area contributed by atoms with Crippen molar-refractivity contribution in [2.24, 2.45) is 0 Å². The van der Waals surface area contributed by atoms with Crippen LogP contribution in [-0.4, -0.2) is 22.2 Å². The average molecular weight is 516 g/mol. The first-order valence-electron chi connectivity index (χ1n) is 11.1. The molecule has 0 spiro atoms. The maximum Gasteiger partial charge on any atom is 2.00 e. The molecule has 0 saturated heterocycles. The number of carboxylic acid groups (broad SMARTS) is 2. The van der Waals surface area contributed by atoms with Gasteiger partial charge in [-0.05, 0) is 48.5 Å². The van der Waals surface area contributed by atoms with Gasteiger partial charge < -0.3 is 17.6 Å². The summed E-state index contributed by atoms with van der Waals surface area (Å²) in [4.78, 5) is 20.4. The van der Waals surface area contributed by atoms with Gasteiger partial charge in [0.05, 0.1) is 11.1 Å². The predicted molar refractivity (Wildman–Crippen MR) is 128 cm³/mol. The monoisotopic (exact) mass is 516 g/mol. The van der Waals surface area contributed by atoms with E-state index in [0.29, 0.717) is 0 Å². The normalized spacial score (nSPS) is 13.1. The molecule has 0 unspecified atom stereocenters. The first kappa shape index (κ1) is 30.3. The summed E-state index contributed by atoms with van der Waals surface area (Å²) in [6.45, 7) is 0. The topological polar surface area (TPSA) is 74.6 Å². The minimum atomic E-state index is -1.04. The number of hydrogen-bond donors (Lipinski definition) is 2. The number of aromatic carboxylic acids is 2. The van der Waals surface area contributed by atoms with E-state index in [9.17, 15) is 18.4 Å². The van der Waals surface area contributed by atoms with Crippen molar-refractivity contribution in [1.82, 2.24) is 0 Å². The van der Waals surface area contributed by atoms with E-state index < -0.39 is 23.6 Å². The van der Waals surface area contributed by atoms with E-state index >= 15 is 0 Å². The third-order valence-corrected chi connectivity index (χ3v) is 5.92. The molecule has 0 aliphatic heterocycles. The summed E-state index contributed by atoms with van der Waals surface area (Å²) in [7, 11) is 0. The van der Waals surface area contributed by atoms with E-state index in [4.69, 9.17) is 10.2 Å². The zero-order chi connectivity index (χ0) is 23.8. The summed E-state index contributed by atoms with van der Waals surface area (Å²) in [6, 6.07) is 11.9. The van der Waals surface area contributed by atoms with Crippen LogP contribution in [-0.2, 0) is 47.4 Å². The Morgan fingerprint density at radius 2 is 0.943 bits per heavy atom. The number of carboxylic acids is 2. The van der Waals surface area contributed by atoms with Crippen molar-refractivity contribution < 1.29 is 50.3 Å². The van der Waals surface area contributed by atoms with E-state index in [2.05, 4.69) is 6.07 Å². The molecule has 2 aliphatic carbocycles. The van der Waals surface area contributed by atoms with Gasteiger partial charge in [0.15, 0.2) is 0 Å². The van der Waals surface area contributed by atoms with Crippen molar-refractivity contribution >= 4 is 11.9 Å². The fourth-order valence-electron chi connectivity index (χ4n) is 4.26. The summed E-state index contributed by atoms with van der Waals surface area (Å²) < 4.78 is 24.3. The number of aryl methyl sites for hydroxylation is 2. The zero-order valence-electron chi connectivity index (χ0n) is 19.8. The molecule has 0 atom stereocenters. The number of benzene rings is 2. The fraction of sp³-hybridized carbons (Fsp3) is 0.286. The Balaban J connectivity index is 0.000000259. The van der Waals surface area contributed by atoms with E-state index in [1.807, 2.05) is 0 Å². The van der Waals surface area contributed by atoms with Crippen LogP contribution >= 0.6 is 0 Å². The number of hydrogen-bond acceptors (Lipinski definition) is 2. The number of halogens is 2. The van der Waals surface area contributed by atoms with Crippen molar-refractivity contribution in [1.29, 1.82) is 0 Å². The number of rotatable bonds is 2. The second kappa shape index (κ2) is 14.6. The van der Waals surface area contributed by atoms with Gasteiger partial charge in [0.1, 0.15) is 11.6 Å². The molecule has 0 aromatic heterocycles. The van der Waals surface area contributed by atoms with Crippen molar-refractivity contribution in [2.75, 3.05) is 0 Å². The van der Waals surface area contributed by atoms with E-state index in [1.54, 1.807) is 22.3 Å². The maximum atomic E-state index is 12.2. The van der Waals surface area contributed by atoms with Gasteiger partial charge in [0.2, 0.25) is 0 Å². The van der Waals surface area contributed by atoms with E-state index in [-0.39, 0.29) is 40.3 Å². The Morgan fingerprint density at radius 1 is 0.629 bits per heavy atom. The molecule has 4 nitrogen and oxygen atoms in total. The first-order chi connectivity index (χ1) is 15.8. The Bertz CT molecular complexity index is 1000. The minimum absolute atomic E-state index is 0. The number of fused-ring (bicyclic) bond motifs is 3. The van der Waals surface area contributed by atoms with Crippen LogP contribution in [0.25, 0.3) is 0 Å². The molecule has 0 radical (unpaired) electrons. The summed E-state index contributed by atoms with van der Waals surface area (Å²) in [5.74, 6) is -2.94. The van der Waals surface area contributed by atoms with Crippen LogP contribution in [0.1, 0.15) is 68.7 Å². The molecule has 35 heavy (non-hydrogen) atoms. The standard InChI is InChI=1S/C13H17.2C7H5FO2.CH3.Ti/c1-3-7-12-10(5-1)9-11-6-2-4-8-13(11)12;2*8-6-3-1-5(2-4-6)7(9)10;;/h9H,1-8H2;2*1-4H,(H,9,10);1H3;/q-1;;;-1;+2. The van der Waals surface area contributed by atoms with Gasteiger partial charge in [-0.15, -0.1) is 0 Å². The van der Waals surface area contributed by atoms with Gasteiger partial charge in [-0.1, -0.05) is 51.4 Å². The van der Waals surface area contributed by atoms with Gasteiger partial charge in [-0.2, -0.15) is 28.3 Å². The van der Waals surface area contributed by atoms with Gasteiger partial charge in [-0.3, -0.25) is 0 Å². The molecule has 0 fully saturated rings. The summed E-state index contributed by atoms with van der Waals surface area (Å²) >= 11 is 0. The largest absolute Gasteiger partial charge is 2.00 e. The summed E-state index contributed by atoms with van der Waals surface area (Å²) in [5, 5.41) is 16.7. The first-order valence-corrected chi connectivity index (χ1v) is 11.1. The number of carbonyl (C=O) groups is 2. The van der Waals surface area contributed by atoms with Crippen molar-refractivity contribution in [3.05, 3.63) is 107 Å². The molecule has 0 saturated carbocycles. The molecule has 2 N–H and O–H groups in total. The molecular formula is C28H30F2O4Ti. The van der Waals surface area contributed by atoms with E-state index in [1.165, 1.54) is 75.6 Å². The van der Waals surface area contributed by atoms with Crippen molar-refractivity contribution in [3.63, 3.8) is 0 Å². The molecular weight excluding hydrogens is 486 g/mol. The maximum absolute atomic E-state index is 12.2. The predicted octanol–water partition coefficient (Wildman–Crippen LogP) is 6.66. The molecule has 3 aromatic rings. The Labute approximate surface area is 220 Å². The van der Waals surface area contributed by atoms with Crippen molar-refractivity contribution in [2.45, 2.75) is 51.4 Å². The third kappa shape index (κ3) is 8.79. The van der Waals surface area contributed by atoms with Crippen LogP contribution in [0.4, 0.5) is 8.78 Å². The van der Waals surface area contributed by atoms with E-state index in [0.717, 1.165) is 24.3 Å². The molecule has 184 valence electrons. The second-order valence-electron chi connectivity index (χ2n) is 8.19. The molecule has 0 amide bonds. The molecule has 0 heterocycles. The Kier molecular flexibility index (Phi) is 12.7. The Hall–Kier alpha value is -2.70. The summed E-state index contributed by atoms with van der Waals surface area (Å²) in [6.07, 6.45) is 11.2. The van der Waals surface area contributed by atoms with Crippen LogP contribution in [0.15, 0.2) is 54.6 Å². The molecule has 0 bridgehead atoms. The van der Waals surface area contributed by atoms with Crippen LogP contribution in [0.5, 0.6) is 0 Å². The van der Waals surface area contributed by atoms with Crippen LogP contribution < -0.4 is 0 Å². The third-order valence-electron chi connectivity index (χ3n) is 5.92. The zero-order valence-corrected chi connectivity index (χ0v) is 21.4. The average Bonchev–Trinajstić information content (AvgIpc) is 3.19. The Morgan fingerprint density at radius 3 is 1.26 bits per heavy atom. The SMILES string of the molecule is O=C(O)c1ccc(F)cc1.O=C(O)c1ccc(F)cc1.[CH3-].[Ti+2].[cH-]1c2c(c3c1CCCC3)CCCC2. The van der Waals surface area contributed by atoms with Crippen LogP contribution in [0.3, 0.4) is 0 Å². The van der Waals surface area contributed by atoms with Gasteiger partial charge >= 0.3 is 33.7 Å². The molecule has 2 aliphatic rings. The van der Waals surface area contributed by atoms with Gasteiger partial charge in [0.25, 0.3) is 0 Å². The molecule has 5 rings (SSSR count). The van der Waals surface area contributed by atoms with Crippen LogP contribution in [0, 0.1) is 19.1 Å². The van der Waals surface area contributed by atoms with Gasteiger partial charge in [-0.25, -0.2) is 18.4 Å². The smallest absolute Gasteiger partial charge is 0.478 e. The van der Waals surface area contributed by atoms with Crippen LogP contribution in [0.2, 0.25) is 0 Å². The van der Waals surface area contributed by atoms with Gasteiger partial charge in [0, 0.05) is 0 Å². The summed E-state index contributed by atoms with van der Waals surface area (Å²) in [5.41, 5.74) is 7.14.